The first-order valence-electron chi connectivity index (χ1n) is 12.1. The number of carbonyl (C=O) groups is 1. The van der Waals surface area contributed by atoms with Gasteiger partial charge in [0.25, 0.3) is 0 Å². The van der Waals surface area contributed by atoms with Crippen molar-refractivity contribution < 1.29 is 23.7 Å². The Bertz CT molecular complexity index is 1340. The molecule has 194 valence electrons. The number of rotatable bonds is 10. The normalized spacial score (nSPS) is 13.5. The molecule has 0 saturated heterocycles. The van der Waals surface area contributed by atoms with Crippen LogP contribution in [0.25, 0.3) is 11.1 Å². The molecule has 0 radical (unpaired) electrons. The molecule has 0 atom stereocenters. The summed E-state index contributed by atoms with van der Waals surface area (Å²) in [5.74, 6) is 2.55. The minimum atomic E-state index is -0.0183. The van der Waals surface area contributed by atoms with Crippen molar-refractivity contribution in [3.05, 3.63) is 82.7 Å². The predicted octanol–water partition coefficient (Wildman–Crippen LogP) is 5.18. The Morgan fingerprint density at radius 3 is 2.27 bits per heavy atom. The molecular formula is C30H34N2O5. The predicted molar refractivity (Wildman–Crippen MR) is 145 cm³/mol. The van der Waals surface area contributed by atoms with E-state index in [9.17, 15) is 4.79 Å². The number of allylic oxidation sites excluding steroid dienone is 3. The number of aromatic nitrogens is 1. The summed E-state index contributed by atoms with van der Waals surface area (Å²) < 4.78 is 24.0. The van der Waals surface area contributed by atoms with Crippen molar-refractivity contribution in [3.8, 4) is 23.0 Å². The van der Waals surface area contributed by atoms with Crippen LogP contribution < -0.4 is 24.3 Å². The maximum atomic E-state index is 13.0. The molecule has 1 amide bonds. The largest absolute Gasteiger partial charge is 0.497 e. The van der Waals surface area contributed by atoms with E-state index in [0.717, 1.165) is 44.9 Å². The topological polar surface area (TPSA) is 71.0 Å². The van der Waals surface area contributed by atoms with Gasteiger partial charge in [-0.05, 0) is 83.2 Å². The summed E-state index contributed by atoms with van der Waals surface area (Å²) in [5.41, 5.74) is 7.41. The molecule has 0 saturated carbocycles. The van der Waals surface area contributed by atoms with E-state index in [0.29, 0.717) is 30.2 Å². The monoisotopic (exact) mass is 502 g/mol. The van der Waals surface area contributed by atoms with E-state index in [1.165, 1.54) is 0 Å². The molecule has 1 N–H and O–H groups in total. The summed E-state index contributed by atoms with van der Waals surface area (Å²) in [5, 5.41) is 3.06. The van der Waals surface area contributed by atoms with Gasteiger partial charge in [0.15, 0.2) is 11.5 Å². The average Bonchev–Trinajstić information content (AvgIpc) is 3.44. The van der Waals surface area contributed by atoms with Gasteiger partial charge in [-0.3, -0.25) is 4.79 Å². The number of fused-ring (bicyclic) bond motifs is 1. The minimum Gasteiger partial charge on any atom is -0.497 e. The van der Waals surface area contributed by atoms with E-state index in [2.05, 4.69) is 24.4 Å². The van der Waals surface area contributed by atoms with Gasteiger partial charge in [-0.15, -0.1) is 0 Å². The molecule has 37 heavy (non-hydrogen) atoms. The fraction of sp³-hybridized carbons (Fsp3) is 0.300. The Morgan fingerprint density at radius 1 is 0.946 bits per heavy atom. The number of amides is 1. The maximum absolute atomic E-state index is 13.0. The van der Waals surface area contributed by atoms with Gasteiger partial charge in [-0.1, -0.05) is 12.1 Å². The van der Waals surface area contributed by atoms with Gasteiger partial charge in [-0.25, -0.2) is 0 Å². The van der Waals surface area contributed by atoms with Crippen LogP contribution in [0.15, 0.2) is 60.3 Å². The lowest BCUT2D eigenvalue weighted by Crippen LogP contribution is -2.23. The molecule has 0 spiro atoms. The second-order valence-electron chi connectivity index (χ2n) is 8.93. The van der Waals surface area contributed by atoms with Crippen molar-refractivity contribution >= 4 is 17.1 Å². The maximum Gasteiger partial charge on any atom is 0.224 e. The van der Waals surface area contributed by atoms with Gasteiger partial charge >= 0.3 is 0 Å². The van der Waals surface area contributed by atoms with Crippen molar-refractivity contribution in [3.63, 3.8) is 0 Å². The van der Waals surface area contributed by atoms with Crippen LogP contribution in [0.4, 0.5) is 0 Å². The summed E-state index contributed by atoms with van der Waals surface area (Å²) in [4.78, 5) is 13.0. The molecule has 4 rings (SSSR count). The third-order valence-corrected chi connectivity index (χ3v) is 6.82. The van der Waals surface area contributed by atoms with E-state index >= 15 is 0 Å². The second-order valence-corrected chi connectivity index (χ2v) is 8.93. The number of nitrogens with zero attached hydrogens (tertiary/aromatic N) is 1. The molecule has 1 heterocycles. The van der Waals surface area contributed by atoms with Crippen molar-refractivity contribution in [2.75, 3.05) is 28.4 Å². The van der Waals surface area contributed by atoms with Crippen molar-refractivity contribution in [1.82, 2.24) is 9.88 Å². The molecule has 2 aromatic carbocycles. The number of hydrogen-bond donors (Lipinski definition) is 1. The molecule has 0 fully saturated rings. The molecule has 3 aromatic rings. The number of carbonyl (C=O) groups excluding carboxylic acids is 1. The first kappa shape index (κ1) is 25.9. The van der Waals surface area contributed by atoms with Crippen LogP contribution in [0.1, 0.15) is 35.7 Å². The van der Waals surface area contributed by atoms with E-state index in [1.54, 1.807) is 28.4 Å². The summed E-state index contributed by atoms with van der Waals surface area (Å²) in [6.07, 6.45) is 5.11. The highest BCUT2D eigenvalue weighted by Gasteiger charge is 2.26. The first-order chi connectivity index (χ1) is 17.9. The highest BCUT2D eigenvalue weighted by molar-refractivity contribution is 6.04. The third-order valence-electron chi connectivity index (χ3n) is 6.82. The van der Waals surface area contributed by atoms with E-state index < -0.39 is 0 Å². The number of ether oxygens (including phenoxy) is 4. The van der Waals surface area contributed by atoms with Crippen molar-refractivity contribution in [2.45, 2.75) is 26.3 Å². The van der Waals surface area contributed by atoms with E-state index in [4.69, 9.17) is 18.9 Å². The number of benzene rings is 2. The quantitative estimate of drug-likeness (QED) is 0.414. The van der Waals surface area contributed by atoms with Gasteiger partial charge in [0.1, 0.15) is 5.75 Å². The summed E-state index contributed by atoms with van der Waals surface area (Å²) in [6.45, 7) is 2.57. The molecule has 1 aromatic heterocycles. The van der Waals surface area contributed by atoms with Crippen molar-refractivity contribution in [2.24, 2.45) is 7.05 Å². The van der Waals surface area contributed by atoms with Crippen LogP contribution in [0, 0.1) is 0 Å². The lowest BCUT2D eigenvalue weighted by molar-refractivity contribution is -0.120. The van der Waals surface area contributed by atoms with Crippen LogP contribution in [-0.2, 0) is 24.8 Å². The summed E-state index contributed by atoms with van der Waals surface area (Å²) in [6, 6.07) is 13.9. The molecule has 1 aliphatic carbocycles. The number of aryl methyl sites for hydroxylation is 1. The zero-order valence-corrected chi connectivity index (χ0v) is 22.3. The van der Waals surface area contributed by atoms with Crippen molar-refractivity contribution in [1.29, 1.82) is 0 Å². The van der Waals surface area contributed by atoms with Gasteiger partial charge in [-0.2, -0.15) is 0 Å². The lowest BCUT2D eigenvalue weighted by atomic mass is 10.00. The summed E-state index contributed by atoms with van der Waals surface area (Å²) >= 11 is 0. The van der Waals surface area contributed by atoms with Crippen LogP contribution in [0.2, 0.25) is 0 Å². The average molecular weight is 503 g/mol. The van der Waals surface area contributed by atoms with Crippen LogP contribution in [0.3, 0.4) is 0 Å². The van der Waals surface area contributed by atoms with Crippen LogP contribution in [-0.4, -0.2) is 38.9 Å². The Morgan fingerprint density at radius 2 is 1.68 bits per heavy atom. The smallest absolute Gasteiger partial charge is 0.224 e. The Balaban J connectivity index is 1.63. The van der Waals surface area contributed by atoms with Crippen LogP contribution in [0.5, 0.6) is 23.0 Å². The van der Waals surface area contributed by atoms with Crippen LogP contribution >= 0.6 is 0 Å². The molecule has 0 bridgehead atoms. The van der Waals surface area contributed by atoms with Gasteiger partial charge < -0.3 is 28.8 Å². The Kier molecular flexibility index (Phi) is 7.92. The summed E-state index contributed by atoms with van der Waals surface area (Å²) in [7, 11) is 8.45. The third kappa shape index (κ3) is 5.35. The fourth-order valence-electron chi connectivity index (χ4n) is 4.76. The SMILES string of the molecule is COc1ccc2c(c1)C(CC(=O)NCc1cccn1C)=C(C)/C2=C/Cc1cc(OC)c(OC)c(OC)c1. The lowest BCUT2D eigenvalue weighted by Gasteiger charge is -2.14. The molecule has 7 heteroatoms. The highest BCUT2D eigenvalue weighted by atomic mass is 16.5. The van der Waals surface area contributed by atoms with E-state index in [1.807, 2.05) is 54.2 Å². The Labute approximate surface area is 218 Å². The zero-order chi connectivity index (χ0) is 26.5. The molecule has 1 aliphatic rings. The first-order valence-corrected chi connectivity index (χ1v) is 12.1. The fourth-order valence-corrected chi connectivity index (χ4v) is 4.76. The Hall–Kier alpha value is -4.13. The standard InChI is InChI=1S/C30H34N2O5/c1-19-23(11-9-20-14-27(35-4)30(37-6)28(15-20)36-5)24-12-10-22(34-3)16-26(24)25(19)17-29(33)31-18-21-8-7-13-32(21)2/h7-8,10-16H,9,17-18H2,1-6H3,(H,31,33)/b23-11-. The minimum absolute atomic E-state index is 0.0183. The molecular weight excluding hydrogens is 468 g/mol. The number of methoxy groups -OCH3 is 4. The van der Waals surface area contributed by atoms with Gasteiger partial charge in [0, 0.05) is 18.9 Å². The number of hydrogen-bond acceptors (Lipinski definition) is 5. The van der Waals surface area contributed by atoms with E-state index in [-0.39, 0.29) is 12.3 Å². The van der Waals surface area contributed by atoms with Gasteiger partial charge in [0.2, 0.25) is 11.7 Å². The molecule has 7 nitrogen and oxygen atoms in total. The zero-order valence-electron chi connectivity index (χ0n) is 22.3. The highest BCUT2D eigenvalue weighted by Crippen LogP contribution is 2.44. The van der Waals surface area contributed by atoms with Gasteiger partial charge in [0.05, 0.1) is 41.4 Å². The second kappa shape index (κ2) is 11.3. The molecule has 0 unspecified atom stereocenters. The molecule has 0 aliphatic heterocycles. The number of nitrogens with one attached hydrogen (secondary N) is 1.